The number of ether oxygens (including phenoxy) is 1. The number of sulfonamides is 1. The Kier molecular flexibility index (Phi) is 5.68. The first kappa shape index (κ1) is 17.4. The molecule has 1 aromatic heterocycles. The first-order chi connectivity index (χ1) is 10.9. The molecule has 0 fully saturated rings. The Balaban J connectivity index is 2.03. The van der Waals surface area contributed by atoms with Gasteiger partial charge in [-0.25, -0.2) is 13.2 Å². The van der Waals surface area contributed by atoms with Gasteiger partial charge in [-0.2, -0.15) is 4.72 Å². The molecule has 0 bridgehead atoms. The molecule has 0 aliphatic heterocycles. The van der Waals surface area contributed by atoms with E-state index < -0.39 is 16.0 Å². The lowest BCUT2D eigenvalue weighted by Gasteiger charge is -2.06. The van der Waals surface area contributed by atoms with Crippen molar-refractivity contribution in [3.63, 3.8) is 0 Å². The summed E-state index contributed by atoms with van der Waals surface area (Å²) in [7, 11) is -3.70. The predicted molar refractivity (Wildman–Crippen MR) is 84.5 cm³/mol. The average Bonchev–Trinajstić information content (AvgIpc) is 2.96. The van der Waals surface area contributed by atoms with Crippen LogP contribution in [0, 0.1) is 12.3 Å². The smallest absolute Gasteiger partial charge is 0.338 e. The van der Waals surface area contributed by atoms with Crippen LogP contribution in [-0.4, -0.2) is 30.5 Å². The lowest BCUT2D eigenvalue weighted by Crippen LogP contribution is -2.23. The van der Waals surface area contributed by atoms with Crippen LogP contribution in [-0.2, 0) is 21.4 Å². The fraction of sp³-hybridized carbons (Fsp3) is 0.154. The second-order valence-corrected chi connectivity index (χ2v) is 7.25. The highest BCUT2D eigenvalue weighted by atomic mass is 35.5. The van der Waals surface area contributed by atoms with Gasteiger partial charge in [-0.15, -0.1) is 11.5 Å². The number of carbonyl (C=O) groups is 1. The second-order valence-electron chi connectivity index (χ2n) is 4.12. The van der Waals surface area contributed by atoms with Crippen LogP contribution < -0.4 is 4.72 Å². The molecule has 0 saturated heterocycles. The average molecular weight is 372 g/mol. The van der Waals surface area contributed by atoms with Crippen LogP contribution in [0.5, 0.6) is 0 Å². The maximum Gasteiger partial charge on any atom is 0.338 e. The van der Waals surface area contributed by atoms with Crippen molar-refractivity contribution in [1.82, 2.24) is 14.3 Å². The summed E-state index contributed by atoms with van der Waals surface area (Å²) in [6.45, 7) is -0.230. The fourth-order valence-electron chi connectivity index (χ4n) is 1.49. The number of nitrogens with zero attached hydrogens (tertiary/aromatic N) is 2. The van der Waals surface area contributed by atoms with Crippen molar-refractivity contribution >= 4 is 39.1 Å². The van der Waals surface area contributed by atoms with Gasteiger partial charge in [-0.1, -0.05) is 22.0 Å². The Bertz CT molecular complexity index is 841. The van der Waals surface area contributed by atoms with E-state index in [1.807, 2.05) is 0 Å². The van der Waals surface area contributed by atoms with Crippen LogP contribution in [0.1, 0.15) is 16.1 Å². The molecule has 120 valence electrons. The van der Waals surface area contributed by atoms with E-state index in [4.69, 9.17) is 22.8 Å². The van der Waals surface area contributed by atoms with Crippen LogP contribution >= 0.6 is 23.1 Å². The number of hydrogen-bond donors (Lipinski definition) is 1. The van der Waals surface area contributed by atoms with Gasteiger partial charge in [0.1, 0.15) is 16.6 Å². The van der Waals surface area contributed by atoms with Crippen molar-refractivity contribution in [2.75, 3.05) is 6.54 Å². The number of hydrogen-bond acceptors (Lipinski definition) is 7. The second kappa shape index (κ2) is 7.52. The van der Waals surface area contributed by atoms with Crippen molar-refractivity contribution in [3.05, 3.63) is 39.9 Å². The number of halogens is 1. The number of benzene rings is 1. The highest BCUT2D eigenvalue weighted by Gasteiger charge is 2.15. The molecular formula is C13H10ClN3O4S2. The Morgan fingerprint density at radius 1 is 1.39 bits per heavy atom. The van der Waals surface area contributed by atoms with E-state index in [1.54, 1.807) is 0 Å². The van der Waals surface area contributed by atoms with E-state index in [1.165, 1.54) is 24.3 Å². The summed E-state index contributed by atoms with van der Waals surface area (Å²) in [5.41, 5.74) is 0.558. The number of aromatic nitrogens is 2. The quantitative estimate of drug-likeness (QED) is 0.609. The van der Waals surface area contributed by atoms with Gasteiger partial charge in [-0.3, -0.25) is 0 Å². The van der Waals surface area contributed by atoms with E-state index in [-0.39, 0.29) is 23.6 Å². The van der Waals surface area contributed by atoms with Crippen molar-refractivity contribution < 1.29 is 17.9 Å². The molecule has 0 radical (unpaired) electrons. The zero-order chi connectivity index (χ0) is 16.9. The third-order valence-electron chi connectivity index (χ3n) is 2.61. The van der Waals surface area contributed by atoms with Gasteiger partial charge < -0.3 is 4.74 Å². The van der Waals surface area contributed by atoms with Crippen molar-refractivity contribution in [2.24, 2.45) is 0 Å². The first-order valence-corrected chi connectivity index (χ1v) is 8.74. The minimum atomic E-state index is -3.70. The number of nitrogens with one attached hydrogen (secondary N) is 1. The molecule has 0 unspecified atom stereocenters. The normalized spacial score (nSPS) is 11.0. The monoisotopic (exact) mass is 371 g/mol. The standard InChI is InChI=1S/C13H10ClN3O4S2/c1-2-7-15-23(19,20)10-5-3-9(4-6-10)13(18)21-8-11-12(14)22-17-16-11/h1,3-6,15H,7-8H2. The van der Waals surface area contributed by atoms with E-state index >= 15 is 0 Å². The summed E-state index contributed by atoms with van der Waals surface area (Å²) in [6.07, 6.45) is 5.01. The molecule has 10 heteroatoms. The molecule has 0 amide bonds. The van der Waals surface area contributed by atoms with Gasteiger partial charge in [0.05, 0.1) is 17.0 Å². The summed E-state index contributed by atoms with van der Waals surface area (Å²) in [4.78, 5) is 11.9. The van der Waals surface area contributed by atoms with Crippen LogP contribution in [0.3, 0.4) is 0 Å². The van der Waals surface area contributed by atoms with Crippen molar-refractivity contribution in [2.45, 2.75) is 11.5 Å². The van der Waals surface area contributed by atoms with Gasteiger partial charge in [0.25, 0.3) is 0 Å². The van der Waals surface area contributed by atoms with Crippen LogP contribution in [0.2, 0.25) is 4.34 Å². The predicted octanol–water partition coefficient (Wildman–Crippen LogP) is 1.46. The topological polar surface area (TPSA) is 98.2 Å². The zero-order valence-electron chi connectivity index (χ0n) is 11.5. The van der Waals surface area contributed by atoms with Gasteiger partial charge in [-0.05, 0) is 24.3 Å². The maximum atomic E-state index is 11.9. The molecule has 0 aliphatic carbocycles. The SMILES string of the molecule is C#CCNS(=O)(=O)c1ccc(C(=O)OCc2nnsc2Cl)cc1. The largest absolute Gasteiger partial charge is 0.455 e. The summed E-state index contributed by atoms with van der Waals surface area (Å²) >= 11 is 6.78. The Morgan fingerprint density at radius 3 is 2.65 bits per heavy atom. The molecule has 0 atom stereocenters. The van der Waals surface area contributed by atoms with Gasteiger partial charge in [0, 0.05) is 11.5 Å². The number of rotatable bonds is 6. The minimum absolute atomic E-state index is 0.00366. The van der Waals surface area contributed by atoms with E-state index in [2.05, 4.69) is 20.2 Å². The molecule has 1 N–H and O–H groups in total. The molecule has 0 aliphatic rings. The van der Waals surface area contributed by atoms with E-state index in [0.29, 0.717) is 10.0 Å². The number of carbonyl (C=O) groups excluding carboxylic acids is 1. The highest BCUT2D eigenvalue weighted by molar-refractivity contribution is 7.89. The summed E-state index contributed by atoms with van der Waals surface area (Å²) in [6, 6.07) is 5.25. The van der Waals surface area contributed by atoms with Crippen LogP contribution in [0.4, 0.5) is 0 Å². The Hall–Kier alpha value is -1.99. The molecule has 0 spiro atoms. The maximum absolute atomic E-state index is 11.9. The van der Waals surface area contributed by atoms with Gasteiger partial charge >= 0.3 is 5.97 Å². The molecule has 0 saturated carbocycles. The van der Waals surface area contributed by atoms with E-state index in [0.717, 1.165) is 11.5 Å². The molecular weight excluding hydrogens is 362 g/mol. The van der Waals surface area contributed by atoms with Crippen LogP contribution in [0.15, 0.2) is 29.2 Å². The molecule has 1 aromatic carbocycles. The third-order valence-corrected chi connectivity index (χ3v) is 5.02. The summed E-state index contributed by atoms with van der Waals surface area (Å²) in [5, 5.41) is 3.71. The summed E-state index contributed by atoms with van der Waals surface area (Å²) in [5.74, 6) is 1.54. The first-order valence-electron chi connectivity index (χ1n) is 6.11. The zero-order valence-corrected chi connectivity index (χ0v) is 13.9. The van der Waals surface area contributed by atoms with Gasteiger partial charge in [0.15, 0.2) is 0 Å². The Morgan fingerprint density at radius 2 is 2.09 bits per heavy atom. The highest BCUT2D eigenvalue weighted by Crippen LogP contribution is 2.18. The van der Waals surface area contributed by atoms with Crippen molar-refractivity contribution in [1.29, 1.82) is 0 Å². The Labute approximate surface area is 141 Å². The van der Waals surface area contributed by atoms with Gasteiger partial charge in [0.2, 0.25) is 10.0 Å². The third kappa shape index (κ3) is 4.49. The molecule has 1 heterocycles. The summed E-state index contributed by atoms with van der Waals surface area (Å²) < 4.78 is 34.9. The minimum Gasteiger partial charge on any atom is -0.455 e. The molecule has 7 nitrogen and oxygen atoms in total. The van der Waals surface area contributed by atoms with Crippen LogP contribution in [0.25, 0.3) is 0 Å². The van der Waals surface area contributed by atoms with E-state index in [9.17, 15) is 13.2 Å². The molecule has 2 rings (SSSR count). The molecule has 2 aromatic rings. The number of esters is 1. The fourth-order valence-corrected chi connectivity index (χ4v) is 3.03. The number of terminal acetylenes is 1. The van der Waals surface area contributed by atoms with Crippen molar-refractivity contribution in [3.8, 4) is 12.3 Å². The lowest BCUT2D eigenvalue weighted by molar-refractivity contribution is 0.0468. The lowest BCUT2D eigenvalue weighted by atomic mass is 10.2. The molecule has 23 heavy (non-hydrogen) atoms.